The highest BCUT2D eigenvalue weighted by Crippen LogP contribution is 2.33. The summed E-state index contributed by atoms with van der Waals surface area (Å²) in [5.74, 6) is 0.695. The molecule has 0 bridgehead atoms. The Morgan fingerprint density at radius 1 is 1.04 bits per heavy atom. The van der Waals surface area contributed by atoms with Crippen molar-refractivity contribution >= 4 is 34.2 Å². The van der Waals surface area contributed by atoms with E-state index in [4.69, 9.17) is 36.8 Å². The number of furan rings is 1. The van der Waals surface area contributed by atoms with E-state index in [2.05, 4.69) is 0 Å². The largest absolute Gasteiger partial charge is 0.481 e. The summed E-state index contributed by atoms with van der Waals surface area (Å²) in [7, 11) is 0. The number of halogens is 2. The van der Waals surface area contributed by atoms with Crippen molar-refractivity contribution in [1.82, 2.24) is 0 Å². The Balaban J connectivity index is 1.86. The third-order valence-corrected chi connectivity index (χ3v) is 5.20. The van der Waals surface area contributed by atoms with E-state index in [1.54, 1.807) is 36.4 Å². The molecule has 4 nitrogen and oxygen atoms in total. The summed E-state index contributed by atoms with van der Waals surface area (Å²) in [6, 6.07) is 14.2. The van der Waals surface area contributed by atoms with Gasteiger partial charge < -0.3 is 13.6 Å². The molecular weight excluding hydrogens is 399 g/mol. The van der Waals surface area contributed by atoms with Crippen LogP contribution >= 0.6 is 23.2 Å². The molecule has 0 saturated carbocycles. The molecule has 0 aliphatic rings. The Kier molecular flexibility index (Phi) is 5.16. The minimum atomic E-state index is -0.272. The summed E-state index contributed by atoms with van der Waals surface area (Å²) in [4.78, 5) is 13.2. The van der Waals surface area contributed by atoms with Gasteiger partial charge in [-0.15, -0.1) is 0 Å². The topological polar surface area (TPSA) is 52.6 Å². The molecule has 4 aromatic rings. The van der Waals surface area contributed by atoms with Gasteiger partial charge in [-0.05, 0) is 48.4 Å². The maximum atomic E-state index is 13.2. The molecule has 4 rings (SSSR count). The van der Waals surface area contributed by atoms with Crippen LogP contribution in [-0.4, -0.2) is 0 Å². The molecule has 2 aromatic carbocycles. The second-order valence-electron chi connectivity index (χ2n) is 6.24. The highest BCUT2D eigenvalue weighted by Gasteiger charge is 2.20. The Morgan fingerprint density at radius 3 is 2.50 bits per heavy atom. The van der Waals surface area contributed by atoms with Gasteiger partial charge in [0.1, 0.15) is 12.2 Å². The van der Waals surface area contributed by atoms with Gasteiger partial charge in [-0.25, -0.2) is 0 Å². The average Bonchev–Trinajstić information content (AvgIpc) is 3.23. The van der Waals surface area contributed by atoms with E-state index in [9.17, 15) is 4.79 Å². The summed E-state index contributed by atoms with van der Waals surface area (Å²) in [5, 5.41) is 1.38. The van der Waals surface area contributed by atoms with Crippen molar-refractivity contribution in [3.05, 3.63) is 86.2 Å². The van der Waals surface area contributed by atoms with E-state index in [0.29, 0.717) is 32.3 Å². The molecule has 0 aliphatic carbocycles. The standard InChI is InChI=1S/C22H16Cl2O4/c1-2-13-8-9-18-14(11-13)20(25)22(21(28-18)19-7-4-10-26-19)27-12-15-16(23)5-3-6-17(15)24/h3-11H,2,12H2,1H3. The van der Waals surface area contributed by atoms with Crippen molar-refractivity contribution in [3.8, 4) is 17.3 Å². The van der Waals surface area contributed by atoms with Crippen LogP contribution in [0.1, 0.15) is 18.1 Å². The first-order chi connectivity index (χ1) is 13.6. The van der Waals surface area contributed by atoms with Crippen LogP contribution in [0.4, 0.5) is 0 Å². The first-order valence-corrected chi connectivity index (χ1v) is 9.53. The average molecular weight is 415 g/mol. The molecule has 0 aliphatic heterocycles. The van der Waals surface area contributed by atoms with Gasteiger partial charge in [-0.1, -0.05) is 42.3 Å². The second kappa shape index (κ2) is 7.74. The molecular formula is C22H16Cl2O4. The molecule has 28 heavy (non-hydrogen) atoms. The van der Waals surface area contributed by atoms with Crippen LogP contribution in [0, 0.1) is 0 Å². The minimum absolute atomic E-state index is 0.0238. The van der Waals surface area contributed by atoms with Gasteiger partial charge in [0.25, 0.3) is 0 Å². The number of hydrogen-bond donors (Lipinski definition) is 0. The number of rotatable bonds is 5. The predicted molar refractivity (Wildman–Crippen MR) is 110 cm³/mol. The summed E-state index contributed by atoms with van der Waals surface area (Å²) in [5.41, 5.74) is 1.83. The van der Waals surface area contributed by atoms with E-state index in [-0.39, 0.29) is 23.5 Å². The maximum absolute atomic E-state index is 13.2. The van der Waals surface area contributed by atoms with Crippen LogP contribution in [-0.2, 0) is 13.0 Å². The number of benzene rings is 2. The molecule has 0 radical (unpaired) electrons. The smallest absolute Gasteiger partial charge is 0.235 e. The second-order valence-corrected chi connectivity index (χ2v) is 7.05. The third kappa shape index (κ3) is 3.41. The van der Waals surface area contributed by atoms with E-state index >= 15 is 0 Å². The van der Waals surface area contributed by atoms with E-state index < -0.39 is 0 Å². The van der Waals surface area contributed by atoms with Crippen molar-refractivity contribution in [2.75, 3.05) is 0 Å². The van der Waals surface area contributed by atoms with Crippen LogP contribution in [0.2, 0.25) is 10.0 Å². The van der Waals surface area contributed by atoms with Gasteiger partial charge in [-0.3, -0.25) is 4.79 Å². The zero-order valence-electron chi connectivity index (χ0n) is 15.0. The lowest BCUT2D eigenvalue weighted by Crippen LogP contribution is -2.11. The number of aryl methyl sites for hydroxylation is 1. The fraction of sp³-hybridized carbons (Fsp3) is 0.136. The van der Waals surface area contributed by atoms with Crippen LogP contribution < -0.4 is 10.2 Å². The number of fused-ring (bicyclic) bond motifs is 1. The Morgan fingerprint density at radius 2 is 1.82 bits per heavy atom. The zero-order valence-corrected chi connectivity index (χ0v) is 16.5. The molecule has 0 amide bonds. The van der Waals surface area contributed by atoms with Crippen molar-refractivity contribution in [1.29, 1.82) is 0 Å². The molecule has 0 unspecified atom stereocenters. The molecule has 0 N–H and O–H groups in total. The number of hydrogen-bond acceptors (Lipinski definition) is 4. The van der Waals surface area contributed by atoms with E-state index in [0.717, 1.165) is 12.0 Å². The lowest BCUT2D eigenvalue weighted by atomic mass is 10.1. The normalized spacial score (nSPS) is 11.1. The Hall–Kier alpha value is -2.69. The first kappa shape index (κ1) is 18.7. The van der Waals surface area contributed by atoms with Gasteiger partial charge >= 0.3 is 0 Å². The summed E-state index contributed by atoms with van der Waals surface area (Å²) in [6.45, 7) is 2.05. The van der Waals surface area contributed by atoms with Crippen LogP contribution in [0.5, 0.6) is 5.75 Å². The summed E-state index contributed by atoms with van der Waals surface area (Å²) < 4.78 is 17.3. The maximum Gasteiger partial charge on any atom is 0.235 e. The van der Waals surface area contributed by atoms with E-state index in [1.165, 1.54) is 6.26 Å². The summed E-state index contributed by atoms with van der Waals surface area (Å²) >= 11 is 12.4. The quantitative estimate of drug-likeness (QED) is 0.373. The Bertz CT molecular complexity index is 1170. The molecule has 142 valence electrons. The molecule has 6 heteroatoms. The third-order valence-electron chi connectivity index (χ3n) is 4.49. The van der Waals surface area contributed by atoms with Gasteiger partial charge in [0, 0.05) is 15.6 Å². The SMILES string of the molecule is CCc1ccc2oc(-c3ccco3)c(OCc3c(Cl)cccc3Cl)c(=O)c2c1. The van der Waals surface area contributed by atoms with Crippen molar-refractivity contribution in [2.45, 2.75) is 20.0 Å². The zero-order chi connectivity index (χ0) is 19.7. The first-order valence-electron chi connectivity index (χ1n) is 8.77. The van der Waals surface area contributed by atoms with Crippen LogP contribution in [0.25, 0.3) is 22.5 Å². The van der Waals surface area contributed by atoms with Crippen LogP contribution in [0.3, 0.4) is 0 Å². The minimum Gasteiger partial charge on any atom is -0.481 e. The van der Waals surface area contributed by atoms with Gasteiger partial charge in [0.15, 0.2) is 5.76 Å². The lowest BCUT2D eigenvalue weighted by molar-refractivity contribution is 0.296. The Labute approximate surface area is 171 Å². The molecule has 0 fully saturated rings. The highest BCUT2D eigenvalue weighted by molar-refractivity contribution is 6.35. The molecule has 0 spiro atoms. The monoisotopic (exact) mass is 414 g/mol. The number of ether oxygens (including phenoxy) is 1. The highest BCUT2D eigenvalue weighted by atomic mass is 35.5. The summed E-state index contributed by atoms with van der Waals surface area (Å²) in [6.07, 6.45) is 2.31. The van der Waals surface area contributed by atoms with E-state index in [1.807, 2.05) is 19.1 Å². The fourth-order valence-corrected chi connectivity index (χ4v) is 3.47. The lowest BCUT2D eigenvalue weighted by Gasteiger charge is -2.12. The van der Waals surface area contributed by atoms with Crippen LogP contribution in [0.15, 0.2) is 68.4 Å². The molecule has 0 atom stereocenters. The fourth-order valence-electron chi connectivity index (χ4n) is 2.96. The van der Waals surface area contributed by atoms with Gasteiger partial charge in [0.05, 0.1) is 11.6 Å². The predicted octanol–water partition coefficient (Wildman–Crippen LogP) is 6.50. The van der Waals surface area contributed by atoms with Gasteiger partial charge in [-0.2, -0.15) is 0 Å². The van der Waals surface area contributed by atoms with Crippen molar-refractivity contribution < 1.29 is 13.6 Å². The molecule has 2 aromatic heterocycles. The molecule has 0 saturated heterocycles. The van der Waals surface area contributed by atoms with Crippen molar-refractivity contribution in [2.24, 2.45) is 0 Å². The van der Waals surface area contributed by atoms with Crippen molar-refractivity contribution in [3.63, 3.8) is 0 Å². The molecule has 2 heterocycles. The van der Waals surface area contributed by atoms with Gasteiger partial charge in [0.2, 0.25) is 16.9 Å².